The van der Waals surface area contributed by atoms with Crippen LogP contribution in [0.5, 0.6) is 0 Å². The molecule has 0 nitrogen and oxygen atoms in total. The fraction of sp³-hybridized carbons (Fsp3) is 0.100. The van der Waals surface area contributed by atoms with Gasteiger partial charge in [-0.05, 0) is 36.1 Å². The van der Waals surface area contributed by atoms with Gasteiger partial charge in [0.05, 0.1) is 0 Å². The zero-order valence-electron chi connectivity index (χ0n) is 12.3. The molecule has 0 aliphatic rings. The lowest BCUT2D eigenvalue weighted by atomic mass is 9.93. The van der Waals surface area contributed by atoms with Gasteiger partial charge in [0.2, 0.25) is 0 Å². The molecule has 0 unspecified atom stereocenters. The molecule has 0 saturated carbocycles. The number of allylic oxidation sites excluding steroid dienone is 10. The van der Waals surface area contributed by atoms with E-state index >= 15 is 0 Å². The summed E-state index contributed by atoms with van der Waals surface area (Å²) in [7, 11) is 0. The molecule has 1 rings (SSSR count). The smallest absolute Gasteiger partial charge is 0.0106 e. The molecule has 0 heterocycles. The Labute approximate surface area is 122 Å². The first-order valence-electron chi connectivity index (χ1n) is 6.79. The maximum atomic E-state index is 3.80. The van der Waals surface area contributed by atoms with Gasteiger partial charge in [0.15, 0.2) is 0 Å². The van der Waals surface area contributed by atoms with E-state index in [2.05, 4.69) is 49.6 Å². The van der Waals surface area contributed by atoms with Gasteiger partial charge in [-0.15, -0.1) is 0 Å². The number of hydrogen-bond donors (Lipinski definition) is 0. The van der Waals surface area contributed by atoms with Gasteiger partial charge in [0.25, 0.3) is 0 Å². The van der Waals surface area contributed by atoms with Gasteiger partial charge in [-0.2, -0.15) is 0 Å². The Morgan fingerprint density at radius 3 is 1.50 bits per heavy atom. The molecule has 0 atom stereocenters. The summed E-state index contributed by atoms with van der Waals surface area (Å²) >= 11 is 0. The van der Waals surface area contributed by atoms with Crippen molar-refractivity contribution < 1.29 is 0 Å². The van der Waals surface area contributed by atoms with E-state index < -0.39 is 0 Å². The van der Waals surface area contributed by atoms with Gasteiger partial charge >= 0.3 is 0 Å². The van der Waals surface area contributed by atoms with Crippen molar-refractivity contribution in [2.45, 2.75) is 13.8 Å². The molecule has 0 aromatic heterocycles. The molecule has 102 valence electrons. The van der Waals surface area contributed by atoms with Crippen LogP contribution < -0.4 is 0 Å². The molecular weight excluding hydrogens is 240 g/mol. The summed E-state index contributed by atoms with van der Waals surface area (Å²) in [5.74, 6) is 0. The Morgan fingerprint density at radius 2 is 1.20 bits per heavy atom. The van der Waals surface area contributed by atoms with E-state index in [1.165, 1.54) is 11.1 Å². The van der Waals surface area contributed by atoms with Crippen molar-refractivity contribution in [2.75, 3.05) is 0 Å². The van der Waals surface area contributed by atoms with Crippen molar-refractivity contribution in [3.63, 3.8) is 0 Å². The van der Waals surface area contributed by atoms with Gasteiger partial charge in [0, 0.05) is 0 Å². The van der Waals surface area contributed by atoms with E-state index in [-0.39, 0.29) is 0 Å². The standard InChI is InChI=1S/C20H22/c1-5-11-17(12-6-2)19-15-9-10-16-20(19)18(13-7-3)14-8-4/h5-16H,1,3H2,2,4H3/b12-6-,14-8-,17-11+,18-13+. The average Bonchev–Trinajstić information content (AvgIpc) is 2.47. The molecule has 0 aliphatic carbocycles. The van der Waals surface area contributed by atoms with Crippen molar-refractivity contribution in [2.24, 2.45) is 0 Å². The molecule has 0 amide bonds. The van der Waals surface area contributed by atoms with Crippen LogP contribution in [0, 0.1) is 0 Å². The third-order valence-corrected chi connectivity index (χ3v) is 2.84. The van der Waals surface area contributed by atoms with Gasteiger partial charge in [-0.1, -0.05) is 86.0 Å². The lowest BCUT2D eigenvalue weighted by Gasteiger charge is -2.11. The van der Waals surface area contributed by atoms with E-state index in [0.717, 1.165) is 11.1 Å². The highest BCUT2D eigenvalue weighted by Crippen LogP contribution is 2.27. The second-order valence-corrected chi connectivity index (χ2v) is 4.26. The van der Waals surface area contributed by atoms with Gasteiger partial charge in [-0.25, -0.2) is 0 Å². The van der Waals surface area contributed by atoms with Crippen molar-refractivity contribution in [1.29, 1.82) is 0 Å². The minimum atomic E-state index is 1.15. The maximum absolute atomic E-state index is 3.80. The Hall–Kier alpha value is -2.34. The molecule has 0 saturated heterocycles. The summed E-state index contributed by atoms with van der Waals surface area (Å²) in [5, 5.41) is 0. The van der Waals surface area contributed by atoms with Crippen LogP contribution in [-0.2, 0) is 0 Å². The van der Waals surface area contributed by atoms with Crippen LogP contribution in [0.3, 0.4) is 0 Å². The molecule has 0 radical (unpaired) electrons. The van der Waals surface area contributed by atoms with Gasteiger partial charge in [-0.3, -0.25) is 0 Å². The van der Waals surface area contributed by atoms with Crippen LogP contribution in [0.2, 0.25) is 0 Å². The summed E-state index contributed by atoms with van der Waals surface area (Å²) < 4.78 is 0. The van der Waals surface area contributed by atoms with Crippen molar-refractivity contribution in [3.8, 4) is 0 Å². The number of benzene rings is 1. The predicted octanol–water partition coefficient (Wildman–Crippen LogP) is 5.98. The van der Waals surface area contributed by atoms with Crippen LogP contribution >= 0.6 is 0 Å². The van der Waals surface area contributed by atoms with Crippen molar-refractivity contribution in [1.82, 2.24) is 0 Å². The average molecular weight is 262 g/mol. The Bertz CT molecular complexity index is 525. The Kier molecular flexibility index (Phi) is 6.84. The van der Waals surface area contributed by atoms with Crippen molar-refractivity contribution in [3.05, 3.63) is 97.2 Å². The van der Waals surface area contributed by atoms with E-state index in [1.807, 2.05) is 50.3 Å². The summed E-state index contributed by atoms with van der Waals surface area (Å²) in [6.07, 6.45) is 16.0. The highest BCUT2D eigenvalue weighted by atomic mass is 14.1. The highest BCUT2D eigenvalue weighted by molar-refractivity contribution is 5.87. The zero-order chi connectivity index (χ0) is 14.8. The van der Waals surface area contributed by atoms with Gasteiger partial charge < -0.3 is 0 Å². The van der Waals surface area contributed by atoms with E-state index in [9.17, 15) is 0 Å². The van der Waals surface area contributed by atoms with E-state index in [1.54, 1.807) is 0 Å². The molecule has 0 spiro atoms. The SMILES string of the molecule is C=C/C=C(\C=C/C)c1ccccc1C(/C=C\C)=C/C=C. The third-order valence-electron chi connectivity index (χ3n) is 2.84. The molecular formula is C20H22. The summed E-state index contributed by atoms with van der Waals surface area (Å²) in [4.78, 5) is 0. The molecule has 0 bridgehead atoms. The molecule has 0 fully saturated rings. The molecule has 0 heteroatoms. The van der Waals surface area contributed by atoms with Crippen LogP contribution in [0.25, 0.3) is 11.1 Å². The zero-order valence-corrected chi connectivity index (χ0v) is 12.3. The second kappa shape index (κ2) is 8.71. The van der Waals surface area contributed by atoms with Crippen LogP contribution in [-0.4, -0.2) is 0 Å². The molecule has 1 aromatic carbocycles. The molecule has 1 aromatic rings. The number of rotatable bonds is 6. The van der Waals surface area contributed by atoms with Crippen LogP contribution in [0.4, 0.5) is 0 Å². The fourth-order valence-electron chi connectivity index (χ4n) is 2.07. The van der Waals surface area contributed by atoms with E-state index in [4.69, 9.17) is 0 Å². The first-order chi connectivity index (χ1) is 9.78. The second-order valence-electron chi connectivity index (χ2n) is 4.26. The van der Waals surface area contributed by atoms with Crippen LogP contribution in [0.15, 0.2) is 86.0 Å². The molecule has 20 heavy (non-hydrogen) atoms. The fourth-order valence-corrected chi connectivity index (χ4v) is 2.07. The number of hydrogen-bond acceptors (Lipinski definition) is 0. The largest absolute Gasteiger partial charge is 0.0990 e. The first-order valence-corrected chi connectivity index (χ1v) is 6.79. The first kappa shape index (κ1) is 15.7. The lowest BCUT2D eigenvalue weighted by Crippen LogP contribution is -1.90. The van der Waals surface area contributed by atoms with Crippen molar-refractivity contribution >= 4 is 11.1 Å². The Balaban J connectivity index is 3.49. The van der Waals surface area contributed by atoms with E-state index in [0.29, 0.717) is 0 Å². The normalized spacial score (nSPS) is 13.1. The minimum Gasteiger partial charge on any atom is -0.0990 e. The highest BCUT2D eigenvalue weighted by Gasteiger charge is 2.06. The third kappa shape index (κ3) is 4.10. The molecule has 0 N–H and O–H groups in total. The van der Waals surface area contributed by atoms with Gasteiger partial charge in [0.1, 0.15) is 0 Å². The van der Waals surface area contributed by atoms with Crippen LogP contribution in [0.1, 0.15) is 25.0 Å². The lowest BCUT2D eigenvalue weighted by molar-refractivity contribution is 1.53. The molecule has 0 aliphatic heterocycles. The monoisotopic (exact) mass is 262 g/mol. The maximum Gasteiger partial charge on any atom is -0.0106 e. The Morgan fingerprint density at radius 1 is 0.800 bits per heavy atom. The topological polar surface area (TPSA) is 0 Å². The summed E-state index contributed by atoms with van der Waals surface area (Å²) in [5.41, 5.74) is 4.68. The summed E-state index contributed by atoms with van der Waals surface area (Å²) in [6, 6.07) is 8.37. The quantitative estimate of drug-likeness (QED) is 0.553. The predicted molar refractivity (Wildman–Crippen MR) is 92.4 cm³/mol. The summed E-state index contributed by atoms with van der Waals surface area (Å²) in [6.45, 7) is 11.6. The minimum absolute atomic E-state index is 1.15.